The van der Waals surface area contributed by atoms with Crippen LogP contribution in [0.3, 0.4) is 0 Å². The largest absolute Gasteiger partial charge is 0.491 e. The predicted molar refractivity (Wildman–Crippen MR) is 96.7 cm³/mol. The van der Waals surface area contributed by atoms with E-state index in [2.05, 4.69) is 5.32 Å². The van der Waals surface area contributed by atoms with Crippen molar-refractivity contribution >= 4 is 5.69 Å². The van der Waals surface area contributed by atoms with Crippen LogP contribution in [0.15, 0.2) is 42.5 Å². The Labute approximate surface area is 147 Å². The van der Waals surface area contributed by atoms with Gasteiger partial charge in [-0.25, -0.2) is 0 Å². The summed E-state index contributed by atoms with van der Waals surface area (Å²) in [5.74, 6) is 0.723. The molecule has 2 N–H and O–H groups in total. The van der Waals surface area contributed by atoms with Gasteiger partial charge in [0.25, 0.3) is 5.69 Å². The molecule has 0 fully saturated rings. The lowest BCUT2D eigenvalue weighted by molar-refractivity contribution is -0.385. The first-order chi connectivity index (χ1) is 11.9. The van der Waals surface area contributed by atoms with Crippen molar-refractivity contribution in [2.24, 2.45) is 0 Å². The zero-order chi connectivity index (χ0) is 18.4. The van der Waals surface area contributed by atoms with E-state index in [0.717, 1.165) is 16.9 Å². The Morgan fingerprint density at radius 1 is 1.24 bits per heavy atom. The lowest BCUT2D eigenvalue weighted by Gasteiger charge is -2.15. The van der Waals surface area contributed by atoms with Gasteiger partial charge in [0.05, 0.1) is 17.1 Å². The number of aryl methyl sites for hydroxylation is 1. The fraction of sp³-hybridized carbons (Fsp3) is 0.368. The van der Waals surface area contributed by atoms with Crippen LogP contribution in [0.1, 0.15) is 36.6 Å². The molecule has 0 radical (unpaired) electrons. The molecule has 0 saturated heterocycles. The Bertz CT molecular complexity index is 731. The number of benzene rings is 2. The minimum absolute atomic E-state index is 0.0721. The van der Waals surface area contributed by atoms with Gasteiger partial charge in [0.15, 0.2) is 0 Å². The van der Waals surface area contributed by atoms with E-state index in [1.807, 2.05) is 44.2 Å². The van der Waals surface area contributed by atoms with Crippen LogP contribution in [0.4, 0.5) is 5.69 Å². The topological polar surface area (TPSA) is 84.6 Å². The molecule has 2 rings (SSSR count). The van der Waals surface area contributed by atoms with Crippen molar-refractivity contribution in [1.82, 2.24) is 5.32 Å². The molecule has 0 aliphatic carbocycles. The number of nitro groups is 1. The summed E-state index contributed by atoms with van der Waals surface area (Å²) < 4.78 is 5.63. The lowest BCUT2D eigenvalue weighted by Crippen LogP contribution is -2.21. The van der Waals surface area contributed by atoms with Crippen LogP contribution in [-0.2, 0) is 6.54 Å². The molecule has 2 aromatic rings. The number of rotatable bonds is 8. The fourth-order valence-electron chi connectivity index (χ4n) is 2.50. The summed E-state index contributed by atoms with van der Waals surface area (Å²) in [5, 5.41) is 24.4. The van der Waals surface area contributed by atoms with Crippen LogP contribution in [-0.4, -0.2) is 22.7 Å². The quantitative estimate of drug-likeness (QED) is 0.565. The molecule has 1 unspecified atom stereocenters. The molecule has 0 heterocycles. The highest BCUT2D eigenvalue weighted by molar-refractivity contribution is 5.42. The normalized spacial score (nSPS) is 12.2. The monoisotopic (exact) mass is 344 g/mol. The van der Waals surface area contributed by atoms with Crippen molar-refractivity contribution in [2.75, 3.05) is 6.54 Å². The summed E-state index contributed by atoms with van der Waals surface area (Å²) >= 11 is 0. The molecular weight excluding hydrogens is 320 g/mol. The van der Waals surface area contributed by atoms with E-state index in [1.165, 1.54) is 0 Å². The average Bonchev–Trinajstić information content (AvgIpc) is 2.55. The molecule has 0 aromatic heterocycles. The van der Waals surface area contributed by atoms with Gasteiger partial charge in [0.1, 0.15) is 5.75 Å². The molecule has 0 aliphatic rings. The van der Waals surface area contributed by atoms with E-state index in [1.54, 1.807) is 19.1 Å². The van der Waals surface area contributed by atoms with Gasteiger partial charge < -0.3 is 15.2 Å². The van der Waals surface area contributed by atoms with Gasteiger partial charge in [-0.3, -0.25) is 10.1 Å². The molecular formula is C19H24N2O4. The number of aliphatic hydroxyl groups is 1. The third-order valence-electron chi connectivity index (χ3n) is 3.75. The number of nitro benzene ring substituents is 1. The van der Waals surface area contributed by atoms with Crippen LogP contribution >= 0.6 is 0 Å². The van der Waals surface area contributed by atoms with Crippen molar-refractivity contribution in [1.29, 1.82) is 0 Å². The van der Waals surface area contributed by atoms with Crippen LogP contribution < -0.4 is 10.1 Å². The first-order valence-corrected chi connectivity index (χ1v) is 8.26. The fourth-order valence-corrected chi connectivity index (χ4v) is 2.50. The third-order valence-corrected chi connectivity index (χ3v) is 3.75. The van der Waals surface area contributed by atoms with Gasteiger partial charge in [-0.05, 0) is 44.0 Å². The average molecular weight is 344 g/mol. The highest BCUT2D eigenvalue weighted by Crippen LogP contribution is 2.21. The maximum absolute atomic E-state index is 11.0. The first kappa shape index (κ1) is 18.9. The second kappa shape index (κ2) is 8.60. The molecule has 25 heavy (non-hydrogen) atoms. The Balaban J connectivity index is 1.93. The number of hydrogen-bond acceptors (Lipinski definition) is 5. The van der Waals surface area contributed by atoms with Gasteiger partial charge in [-0.15, -0.1) is 0 Å². The number of aliphatic hydroxyl groups excluding tert-OH is 1. The SMILES string of the molecule is Cc1ccc(CNCC(O)c2cccc(OC(C)C)c2)cc1[N+](=O)[O-]. The molecule has 134 valence electrons. The minimum atomic E-state index is -0.684. The van der Waals surface area contributed by atoms with Gasteiger partial charge >= 0.3 is 0 Å². The molecule has 2 aromatic carbocycles. The second-order valence-corrected chi connectivity index (χ2v) is 6.26. The summed E-state index contributed by atoms with van der Waals surface area (Å²) in [6, 6.07) is 12.5. The standard InChI is InChI=1S/C19H24N2O4/c1-13(2)25-17-6-4-5-16(10-17)19(22)12-20-11-15-8-7-14(3)18(9-15)21(23)24/h4-10,13,19-20,22H,11-12H2,1-3H3. The molecule has 0 bridgehead atoms. The van der Waals surface area contributed by atoms with E-state index in [-0.39, 0.29) is 16.7 Å². The molecule has 6 nitrogen and oxygen atoms in total. The van der Waals surface area contributed by atoms with Crippen molar-refractivity contribution < 1.29 is 14.8 Å². The van der Waals surface area contributed by atoms with E-state index in [4.69, 9.17) is 4.74 Å². The lowest BCUT2D eigenvalue weighted by atomic mass is 10.1. The van der Waals surface area contributed by atoms with Crippen LogP contribution in [0.25, 0.3) is 0 Å². The van der Waals surface area contributed by atoms with E-state index in [0.29, 0.717) is 18.7 Å². The maximum Gasteiger partial charge on any atom is 0.272 e. The van der Waals surface area contributed by atoms with Crippen molar-refractivity contribution in [2.45, 2.75) is 39.5 Å². The Morgan fingerprint density at radius 2 is 2.00 bits per heavy atom. The molecule has 6 heteroatoms. The highest BCUT2D eigenvalue weighted by atomic mass is 16.6. The summed E-state index contributed by atoms with van der Waals surface area (Å²) in [4.78, 5) is 10.6. The number of nitrogens with one attached hydrogen (secondary N) is 1. The summed E-state index contributed by atoms with van der Waals surface area (Å²) in [5.41, 5.74) is 2.32. The smallest absolute Gasteiger partial charge is 0.272 e. The zero-order valence-electron chi connectivity index (χ0n) is 14.7. The van der Waals surface area contributed by atoms with E-state index < -0.39 is 6.10 Å². The Hall–Kier alpha value is -2.44. The maximum atomic E-state index is 11.0. The Morgan fingerprint density at radius 3 is 2.68 bits per heavy atom. The highest BCUT2D eigenvalue weighted by Gasteiger charge is 2.12. The summed E-state index contributed by atoms with van der Waals surface area (Å²) in [7, 11) is 0. The van der Waals surface area contributed by atoms with Gasteiger partial charge in [0.2, 0.25) is 0 Å². The number of ether oxygens (including phenoxy) is 1. The molecule has 0 spiro atoms. The van der Waals surface area contributed by atoms with Gasteiger partial charge in [-0.1, -0.05) is 24.3 Å². The van der Waals surface area contributed by atoms with Crippen LogP contribution in [0, 0.1) is 17.0 Å². The third kappa shape index (κ3) is 5.55. The van der Waals surface area contributed by atoms with E-state index >= 15 is 0 Å². The van der Waals surface area contributed by atoms with Gasteiger partial charge in [0, 0.05) is 24.7 Å². The second-order valence-electron chi connectivity index (χ2n) is 6.26. The number of hydrogen-bond donors (Lipinski definition) is 2. The van der Waals surface area contributed by atoms with Crippen molar-refractivity contribution in [3.8, 4) is 5.75 Å². The van der Waals surface area contributed by atoms with Gasteiger partial charge in [-0.2, -0.15) is 0 Å². The van der Waals surface area contributed by atoms with E-state index in [9.17, 15) is 15.2 Å². The molecule has 0 saturated carbocycles. The van der Waals surface area contributed by atoms with Crippen molar-refractivity contribution in [3.05, 3.63) is 69.3 Å². The van der Waals surface area contributed by atoms with Crippen LogP contribution in [0.2, 0.25) is 0 Å². The predicted octanol–water partition coefficient (Wildman–Crippen LogP) is 3.51. The number of nitrogens with zero attached hydrogens (tertiary/aromatic N) is 1. The molecule has 0 amide bonds. The van der Waals surface area contributed by atoms with Crippen molar-refractivity contribution in [3.63, 3.8) is 0 Å². The Kier molecular flexibility index (Phi) is 6.50. The summed E-state index contributed by atoms with van der Waals surface area (Å²) in [6.45, 7) is 6.40. The first-order valence-electron chi connectivity index (χ1n) is 8.26. The summed E-state index contributed by atoms with van der Waals surface area (Å²) in [6.07, 6.45) is -0.612. The molecule has 0 aliphatic heterocycles. The molecule has 1 atom stereocenters. The van der Waals surface area contributed by atoms with Crippen LogP contribution in [0.5, 0.6) is 5.75 Å². The zero-order valence-corrected chi connectivity index (χ0v) is 14.7. The minimum Gasteiger partial charge on any atom is -0.491 e.